The molecule has 0 unspecified atom stereocenters. The average molecular weight is 297 g/mol. The number of carbonyl (C=O) groups is 1. The lowest BCUT2D eigenvalue weighted by atomic mass is 10.1. The van der Waals surface area contributed by atoms with Gasteiger partial charge in [0.05, 0.1) is 11.9 Å². The van der Waals surface area contributed by atoms with Crippen molar-refractivity contribution in [2.75, 3.05) is 0 Å². The molecule has 0 aliphatic carbocycles. The lowest BCUT2D eigenvalue weighted by molar-refractivity contribution is 0.0696. The Morgan fingerprint density at radius 3 is 2.89 bits per heavy atom. The molecule has 0 amide bonds. The SMILES string of the molecule is Cc1ccc(Sc2nc[nH]c(=O)c2Cl)cc1C(=O)O. The normalized spacial score (nSPS) is 10.4. The first-order valence-electron chi connectivity index (χ1n) is 5.24. The van der Waals surface area contributed by atoms with Crippen LogP contribution in [0.25, 0.3) is 0 Å². The van der Waals surface area contributed by atoms with Gasteiger partial charge in [0.2, 0.25) is 0 Å². The number of carboxylic acid groups (broad SMARTS) is 1. The zero-order valence-corrected chi connectivity index (χ0v) is 11.4. The first-order valence-corrected chi connectivity index (χ1v) is 6.43. The first-order chi connectivity index (χ1) is 8.99. The highest BCUT2D eigenvalue weighted by molar-refractivity contribution is 7.99. The summed E-state index contributed by atoms with van der Waals surface area (Å²) >= 11 is 6.98. The van der Waals surface area contributed by atoms with Gasteiger partial charge in [0, 0.05) is 4.90 Å². The van der Waals surface area contributed by atoms with Gasteiger partial charge in [-0.2, -0.15) is 0 Å². The van der Waals surface area contributed by atoms with Crippen LogP contribution in [0.2, 0.25) is 5.02 Å². The van der Waals surface area contributed by atoms with E-state index in [2.05, 4.69) is 9.97 Å². The smallest absolute Gasteiger partial charge is 0.335 e. The molecule has 2 rings (SSSR count). The third kappa shape index (κ3) is 2.97. The minimum absolute atomic E-state index is 0.00931. The Balaban J connectivity index is 2.39. The van der Waals surface area contributed by atoms with E-state index < -0.39 is 11.5 Å². The van der Waals surface area contributed by atoms with Gasteiger partial charge in [-0.05, 0) is 24.6 Å². The third-order valence-electron chi connectivity index (χ3n) is 2.42. The molecule has 2 aromatic rings. The van der Waals surface area contributed by atoms with Crippen LogP contribution in [0.1, 0.15) is 15.9 Å². The van der Waals surface area contributed by atoms with Crippen LogP contribution in [0, 0.1) is 6.92 Å². The zero-order chi connectivity index (χ0) is 14.0. The van der Waals surface area contributed by atoms with E-state index in [0.29, 0.717) is 15.5 Å². The molecule has 0 aliphatic heterocycles. The molecule has 1 aromatic heterocycles. The van der Waals surface area contributed by atoms with E-state index in [1.165, 1.54) is 12.4 Å². The van der Waals surface area contributed by atoms with Gasteiger partial charge in [0.15, 0.2) is 0 Å². The van der Waals surface area contributed by atoms with E-state index in [4.69, 9.17) is 16.7 Å². The number of H-pyrrole nitrogens is 1. The van der Waals surface area contributed by atoms with Crippen LogP contribution >= 0.6 is 23.4 Å². The van der Waals surface area contributed by atoms with Crippen LogP contribution in [0.5, 0.6) is 0 Å². The number of nitrogens with zero attached hydrogens (tertiary/aromatic N) is 1. The predicted molar refractivity (Wildman–Crippen MR) is 72.1 cm³/mol. The highest BCUT2D eigenvalue weighted by atomic mass is 35.5. The van der Waals surface area contributed by atoms with E-state index in [1.807, 2.05) is 0 Å². The minimum atomic E-state index is -0.995. The second-order valence-corrected chi connectivity index (χ2v) is 5.17. The summed E-state index contributed by atoms with van der Waals surface area (Å²) < 4.78 is 0. The van der Waals surface area contributed by atoms with Gasteiger partial charge < -0.3 is 10.1 Å². The van der Waals surface area contributed by atoms with Crippen LogP contribution < -0.4 is 5.56 Å². The third-order valence-corrected chi connectivity index (χ3v) is 3.87. The Kier molecular flexibility index (Phi) is 3.92. The van der Waals surface area contributed by atoms with Gasteiger partial charge >= 0.3 is 5.97 Å². The van der Waals surface area contributed by atoms with Crippen LogP contribution in [-0.2, 0) is 0 Å². The quantitative estimate of drug-likeness (QED) is 0.851. The van der Waals surface area contributed by atoms with E-state index in [9.17, 15) is 9.59 Å². The zero-order valence-electron chi connectivity index (χ0n) is 9.81. The molecule has 0 saturated heterocycles. The van der Waals surface area contributed by atoms with Crippen molar-refractivity contribution in [3.8, 4) is 0 Å². The molecule has 7 heteroatoms. The molecule has 0 radical (unpaired) electrons. The van der Waals surface area contributed by atoms with Crippen molar-refractivity contribution >= 4 is 29.3 Å². The molecule has 0 spiro atoms. The molecule has 1 heterocycles. The van der Waals surface area contributed by atoms with Gasteiger partial charge in [-0.15, -0.1) is 0 Å². The number of hydrogen-bond donors (Lipinski definition) is 2. The molecule has 2 N–H and O–H groups in total. The summed E-state index contributed by atoms with van der Waals surface area (Å²) in [4.78, 5) is 29.3. The summed E-state index contributed by atoms with van der Waals surface area (Å²) in [6, 6.07) is 4.99. The van der Waals surface area contributed by atoms with E-state index in [0.717, 1.165) is 11.8 Å². The Morgan fingerprint density at radius 2 is 2.21 bits per heavy atom. The first kappa shape index (κ1) is 13.6. The number of aromatic carboxylic acids is 1. The Morgan fingerprint density at radius 1 is 1.47 bits per heavy atom. The summed E-state index contributed by atoms with van der Waals surface area (Å²) in [5, 5.41) is 9.38. The molecule has 0 fully saturated rings. The number of halogens is 1. The number of nitrogens with one attached hydrogen (secondary N) is 1. The van der Waals surface area contributed by atoms with Crippen molar-refractivity contribution in [2.24, 2.45) is 0 Å². The topological polar surface area (TPSA) is 83.0 Å². The largest absolute Gasteiger partial charge is 0.478 e. The fourth-order valence-electron chi connectivity index (χ4n) is 1.44. The van der Waals surface area contributed by atoms with Crippen LogP contribution in [-0.4, -0.2) is 21.0 Å². The minimum Gasteiger partial charge on any atom is -0.478 e. The van der Waals surface area contributed by atoms with Gasteiger partial charge in [-0.3, -0.25) is 4.79 Å². The molecule has 0 saturated carbocycles. The maximum absolute atomic E-state index is 11.3. The monoisotopic (exact) mass is 296 g/mol. The number of aryl methyl sites for hydroxylation is 1. The molecule has 19 heavy (non-hydrogen) atoms. The number of benzene rings is 1. The van der Waals surface area contributed by atoms with Crippen molar-refractivity contribution < 1.29 is 9.90 Å². The number of rotatable bonds is 3. The Bertz CT molecular complexity index is 700. The van der Waals surface area contributed by atoms with Crippen molar-refractivity contribution in [3.05, 3.63) is 51.0 Å². The van der Waals surface area contributed by atoms with Gasteiger partial charge in [0.25, 0.3) is 5.56 Å². The van der Waals surface area contributed by atoms with E-state index in [1.54, 1.807) is 19.1 Å². The summed E-state index contributed by atoms with van der Waals surface area (Å²) in [7, 11) is 0. The lowest BCUT2D eigenvalue weighted by Crippen LogP contribution is -2.07. The van der Waals surface area contributed by atoms with Gasteiger partial charge in [-0.1, -0.05) is 29.4 Å². The van der Waals surface area contributed by atoms with Crippen molar-refractivity contribution in [2.45, 2.75) is 16.8 Å². The van der Waals surface area contributed by atoms with Crippen molar-refractivity contribution in [1.82, 2.24) is 9.97 Å². The number of hydrogen-bond acceptors (Lipinski definition) is 4. The molecular weight excluding hydrogens is 288 g/mol. The molecule has 5 nitrogen and oxygen atoms in total. The lowest BCUT2D eigenvalue weighted by Gasteiger charge is -2.05. The molecule has 98 valence electrons. The van der Waals surface area contributed by atoms with Crippen molar-refractivity contribution in [1.29, 1.82) is 0 Å². The van der Waals surface area contributed by atoms with E-state index in [-0.39, 0.29) is 10.6 Å². The van der Waals surface area contributed by atoms with Gasteiger partial charge in [-0.25, -0.2) is 9.78 Å². The summed E-state index contributed by atoms with van der Waals surface area (Å²) in [6.07, 6.45) is 1.25. The number of aromatic amines is 1. The van der Waals surface area contributed by atoms with Crippen molar-refractivity contribution in [3.63, 3.8) is 0 Å². The number of aromatic nitrogens is 2. The standard InChI is InChI=1S/C12H9ClN2O3S/c1-6-2-3-7(4-8(6)12(17)18)19-11-9(13)10(16)14-5-15-11/h2-5H,1H3,(H,17,18)(H,14,15,16). The second-order valence-electron chi connectivity index (χ2n) is 3.73. The van der Waals surface area contributed by atoms with Crippen LogP contribution in [0.3, 0.4) is 0 Å². The highest BCUT2D eigenvalue weighted by Gasteiger charge is 2.11. The molecule has 0 bridgehead atoms. The fraction of sp³-hybridized carbons (Fsp3) is 0.0833. The Hall–Kier alpha value is -1.79. The number of carboxylic acids is 1. The summed E-state index contributed by atoms with van der Waals surface area (Å²) in [5.74, 6) is -0.995. The van der Waals surface area contributed by atoms with Crippen LogP contribution in [0.4, 0.5) is 0 Å². The van der Waals surface area contributed by atoms with Crippen LogP contribution in [0.15, 0.2) is 39.2 Å². The predicted octanol–water partition coefficient (Wildman–Crippen LogP) is 2.58. The Labute approximate surface area is 117 Å². The maximum atomic E-state index is 11.3. The molecular formula is C12H9ClN2O3S. The maximum Gasteiger partial charge on any atom is 0.335 e. The molecule has 0 aliphatic rings. The van der Waals surface area contributed by atoms with E-state index >= 15 is 0 Å². The average Bonchev–Trinajstić information content (AvgIpc) is 2.37. The summed E-state index contributed by atoms with van der Waals surface area (Å²) in [5.41, 5.74) is 0.456. The second kappa shape index (κ2) is 5.46. The van der Waals surface area contributed by atoms with Gasteiger partial charge in [0.1, 0.15) is 10.0 Å². The highest BCUT2D eigenvalue weighted by Crippen LogP contribution is 2.30. The summed E-state index contributed by atoms with van der Waals surface area (Å²) in [6.45, 7) is 1.72. The molecule has 1 aromatic carbocycles. The molecule has 0 atom stereocenters. The fourth-order valence-corrected chi connectivity index (χ4v) is 2.49.